The molecule has 0 saturated carbocycles. The summed E-state index contributed by atoms with van der Waals surface area (Å²) < 4.78 is 5.64. The molecule has 29 heavy (non-hydrogen) atoms. The Bertz CT molecular complexity index is 1050. The van der Waals surface area contributed by atoms with E-state index < -0.39 is 11.7 Å². The summed E-state index contributed by atoms with van der Waals surface area (Å²) in [5.41, 5.74) is 2.65. The van der Waals surface area contributed by atoms with Crippen LogP contribution in [0.4, 0.5) is 0 Å². The number of halogens is 1. The van der Waals surface area contributed by atoms with Crippen molar-refractivity contribution in [3.05, 3.63) is 57.1 Å². The van der Waals surface area contributed by atoms with Crippen LogP contribution in [0.1, 0.15) is 60.3 Å². The number of allylic oxidation sites excluding steroid dienone is 4. The minimum absolute atomic E-state index is 0.0328. The topological polar surface area (TPSA) is 87.0 Å². The smallest absolute Gasteiger partial charge is 0.348 e. The van der Waals surface area contributed by atoms with E-state index in [-0.39, 0.29) is 39.0 Å². The van der Waals surface area contributed by atoms with E-state index >= 15 is 0 Å². The molecule has 154 valence electrons. The minimum atomic E-state index is -0.820. The van der Waals surface area contributed by atoms with E-state index in [1.807, 2.05) is 19.9 Å². The third-order valence-electron chi connectivity index (χ3n) is 5.01. The fourth-order valence-electron chi connectivity index (χ4n) is 2.89. The average molecular weight is 417 g/mol. The molecule has 0 spiro atoms. The van der Waals surface area contributed by atoms with Crippen molar-refractivity contribution >= 4 is 28.7 Å². The first kappa shape index (κ1) is 22.4. The normalized spacial score (nSPS) is 12.2. The van der Waals surface area contributed by atoms with Gasteiger partial charge in [0.05, 0.1) is 5.02 Å². The van der Waals surface area contributed by atoms with Crippen molar-refractivity contribution in [2.45, 2.75) is 41.5 Å². The van der Waals surface area contributed by atoms with Crippen LogP contribution in [-0.2, 0) is 0 Å². The fourth-order valence-corrected chi connectivity index (χ4v) is 3.28. The zero-order chi connectivity index (χ0) is 22.0. The van der Waals surface area contributed by atoms with Crippen LogP contribution in [0.3, 0.4) is 0 Å². The van der Waals surface area contributed by atoms with E-state index in [4.69, 9.17) is 16.3 Å². The summed E-state index contributed by atoms with van der Waals surface area (Å²) in [6.07, 6.45) is 3.54. The minimum Gasteiger partial charge on any atom is -0.508 e. The molecule has 0 amide bonds. The van der Waals surface area contributed by atoms with Crippen molar-refractivity contribution in [2.24, 2.45) is 0 Å². The Labute approximate surface area is 175 Å². The number of hydrogen-bond donors (Lipinski definition) is 3. The van der Waals surface area contributed by atoms with Gasteiger partial charge in [-0.25, -0.2) is 4.79 Å². The van der Waals surface area contributed by atoms with Crippen LogP contribution in [0.25, 0.3) is 11.1 Å². The number of carbonyl (C=O) groups excluding carboxylic acids is 1. The number of aromatic hydroxyl groups is 3. The highest BCUT2D eigenvalue weighted by molar-refractivity contribution is 6.34. The molecule has 0 unspecified atom stereocenters. The van der Waals surface area contributed by atoms with Crippen LogP contribution in [-0.4, -0.2) is 21.3 Å². The maximum atomic E-state index is 13.1. The summed E-state index contributed by atoms with van der Waals surface area (Å²) in [6, 6.07) is 3.09. The molecule has 0 saturated heterocycles. The summed E-state index contributed by atoms with van der Waals surface area (Å²) in [5.74, 6) is -1.18. The molecule has 0 atom stereocenters. The van der Waals surface area contributed by atoms with Crippen LogP contribution in [0.5, 0.6) is 23.0 Å². The summed E-state index contributed by atoms with van der Waals surface area (Å²) >= 11 is 6.29. The van der Waals surface area contributed by atoms with Crippen LogP contribution in [0.2, 0.25) is 5.02 Å². The summed E-state index contributed by atoms with van der Waals surface area (Å²) in [6.45, 7) is 10.3. The van der Waals surface area contributed by atoms with Crippen LogP contribution in [0.15, 0.2) is 24.3 Å². The van der Waals surface area contributed by atoms with Crippen molar-refractivity contribution < 1.29 is 24.9 Å². The highest BCUT2D eigenvalue weighted by Gasteiger charge is 2.28. The third-order valence-corrected chi connectivity index (χ3v) is 5.38. The Balaban J connectivity index is 2.71. The molecule has 0 heterocycles. The van der Waals surface area contributed by atoms with Crippen molar-refractivity contribution in [1.29, 1.82) is 0 Å². The SMILES string of the molecule is CC=C(C)c1cc(O)c(C)cc1OC(=O)c1c(O)c(C)c(O)c(Cl)c1C(C)=CC. The Kier molecular flexibility index (Phi) is 6.65. The molecule has 0 radical (unpaired) electrons. The second kappa shape index (κ2) is 8.62. The van der Waals surface area contributed by atoms with Gasteiger partial charge in [-0.15, -0.1) is 0 Å². The van der Waals surface area contributed by atoms with Crippen molar-refractivity contribution in [3.63, 3.8) is 0 Å². The van der Waals surface area contributed by atoms with Gasteiger partial charge in [0.1, 0.15) is 28.6 Å². The lowest BCUT2D eigenvalue weighted by Gasteiger charge is -2.18. The number of benzene rings is 2. The number of ether oxygens (including phenoxy) is 1. The largest absolute Gasteiger partial charge is 0.508 e. The summed E-state index contributed by atoms with van der Waals surface area (Å²) in [5, 5.41) is 30.8. The van der Waals surface area contributed by atoms with E-state index in [1.54, 1.807) is 32.9 Å². The van der Waals surface area contributed by atoms with Gasteiger partial charge in [0.25, 0.3) is 0 Å². The van der Waals surface area contributed by atoms with Gasteiger partial charge in [-0.05, 0) is 70.4 Å². The lowest BCUT2D eigenvalue weighted by Crippen LogP contribution is -2.14. The van der Waals surface area contributed by atoms with E-state index in [9.17, 15) is 20.1 Å². The van der Waals surface area contributed by atoms with Gasteiger partial charge in [0.2, 0.25) is 0 Å². The predicted octanol–water partition coefficient (Wildman–Crippen LogP) is 6.14. The number of carbonyl (C=O) groups is 1. The number of esters is 1. The lowest BCUT2D eigenvalue weighted by molar-refractivity contribution is 0.0730. The molecule has 2 rings (SSSR count). The summed E-state index contributed by atoms with van der Waals surface area (Å²) in [4.78, 5) is 13.1. The number of phenolic OH excluding ortho intramolecular Hbond substituents is 3. The molecule has 5 nitrogen and oxygen atoms in total. The molecule has 0 aliphatic carbocycles. The van der Waals surface area contributed by atoms with Gasteiger partial charge >= 0.3 is 5.97 Å². The average Bonchev–Trinajstić information content (AvgIpc) is 2.69. The van der Waals surface area contributed by atoms with Crippen molar-refractivity contribution in [2.75, 3.05) is 0 Å². The van der Waals surface area contributed by atoms with E-state index in [0.29, 0.717) is 16.7 Å². The highest BCUT2D eigenvalue weighted by Crippen LogP contribution is 2.44. The second-order valence-corrected chi connectivity index (χ2v) is 7.23. The maximum Gasteiger partial charge on any atom is 0.348 e. The van der Waals surface area contributed by atoms with E-state index in [0.717, 1.165) is 5.57 Å². The third kappa shape index (κ3) is 4.10. The zero-order valence-corrected chi connectivity index (χ0v) is 18.1. The molecule has 0 aliphatic heterocycles. The summed E-state index contributed by atoms with van der Waals surface area (Å²) in [7, 11) is 0. The number of hydrogen-bond acceptors (Lipinski definition) is 5. The van der Waals surface area contributed by atoms with Gasteiger partial charge in [0, 0.05) is 16.7 Å². The van der Waals surface area contributed by atoms with Gasteiger partial charge < -0.3 is 20.1 Å². The first-order valence-corrected chi connectivity index (χ1v) is 9.49. The Morgan fingerprint density at radius 3 is 2.10 bits per heavy atom. The first-order valence-electron chi connectivity index (χ1n) is 9.11. The number of phenols is 3. The van der Waals surface area contributed by atoms with Gasteiger partial charge in [0.15, 0.2) is 0 Å². The second-order valence-electron chi connectivity index (χ2n) is 6.85. The van der Waals surface area contributed by atoms with Gasteiger partial charge in [-0.1, -0.05) is 23.8 Å². The van der Waals surface area contributed by atoms with E-state index in [1.165, 1.54) is 13.0 Å². The molecule has 6 heteroatoms. The number of aryl methyl sites for hydroxylation is 1. The Morgan fingerprint density at radius 1 is 0.966 bits per heavy atom. The Morgan fingerprint density at radius 2 is 1.55 bits per heavy atom. The number of rotatable bonds is 4. The molecule has 0 fully saturated rings. The first-order chi connectivity index (χ1) is 13.5. The zero-order valence-electron chi connectivity index (χ0n) is 17.3. The van der Waals surface area contributed by atoms with Crippen LogP contribution >= 0.6 is 11.6 Å². The lowest BCUT2D eigenvalue weighted by atomic mass is 9.96. The predicted molar refractivity (Wildman–Crippen MR) is 116 cm³/mol. The molecule has 3 N–H and O–H groups in total. The standard InChI is InChI=1S/C23H25ClO5/c1-7-11(3)15-10-16(25)13(5)9-17(15)29-23(28)19-18(12(4)8-2)20(24)22(27)14(6)21(19)26/h7-10,25-27H,1-6H3. The van der Waals surface area contributed by atoms with Gasteiger partial charge in [-0.3, -0.25) is 0 Å². The molecule has 2 aromatic rings. The Hall–Kier alpha value is -2.92. The van der Waals surface area contributed by atoms with E-state index in [2.05, 4.69) is 0 Å². The van der Waals surface area contributed by atoms with Crippen LogP contribution < -0.4 is 4.74 Å². The molecule has 0 aliphatic rings. The monoisotopic (exact) mass is 416 g/mol. The van der Waals surface area contributed by atoms with Crippen LogP contribution in [0, 0.1) is 13.8 Å². The van der Waals surface area contributed by atoms with Crippen molar-refractivity contribution in [1.82, 2.24) is 0 Å². The molecule has 2 aromatic carbocycles. The van der Waals surface area contributed by atoms with Crippen molar-refractivity contribution in [3.8, 4) is 23.0 Å². The quantitative estimate of drug-likeness (QED) is 0.411. The maximum absolute atomic E-state index is 13.1. The molecule has 0 bridgehead atoms. The van der Waals surface area contributed by atoms with Gasteiger partial charge in [-0.2, -0.15) is 0 Å². The fraction of sp³-hybridized carbons (Fsp3) is 0.261. The highest BCUT2D eigenvalue weighted by atomic mass is 35.5. The molecular formula is C23H25ClO5. The molecular weight excluding hydrogens is 392 g/mol. The molecule has 0 aromatic heterocycles.